The topological polar surface area (TPSA) is 58.2 Å². The molecule has 2 amide bonds. The molecule has 0 unspecified atom stereocenters. The van der Waals surface area contributed by atoms with Gasteiger partial charge in [-0.1, -0.05) is 12.8 Å². The Morgan fingerprint density at radius 2 is 1.68 bits per heavy atom. The van der Waals surface area contributed by atoms with E-state index in [1.54, 1.807) is 24.3 Å². The highest BCUT2D eigenvalue weighted by Gasteiger charge is 2.19. The predicted molar refractivity (Wildman–Crippen MR) is 88.9 cm³/mol. The first-order valence-corrected chi connectivity index (χ1v) is 8.06. The second-order valence-electron chi connectivity index (χ2n) is 7.18. The summed E-state index contributed by atoms with van der Waals surface area (Å²) in [6.07, 6.45) is 5.43. The van der Waals surface area contributed by atoms with Crippen molar-refractivity contribution in [2.75, 3.05) is 5.32 Å². The Morgan fingerprint density at radius 1 is 1.09 bits per heavy atom. The molecule has 1 aromatic carbocycles. The molecule has 4 heteroatoms. The first-order valence-electron chi connectivity index (χ1n) is 8.06. The van der Waals surface area contributed by atoms with Gasteiger partial charge in [0, 0.05) is 23.2 Å². The smallest absolute Gasteiger partial charge is 0.251 e. The van der Waals surface area contributed by atoms with Crippen LogP contribution in [-0.2, 0) is 4.79 Å². The quantitative estimate of drug-likeness (QED) is 0.890. The number of benzene rings is 1. The molecule has 22 heavy (non-hydrogen) atoms. The second kappa shape index (κ2) is 6.95. The van der Waals surface area contributed by atoms with Gasteiger partial charge in [0.1, 0.15) is 0 Å². The lowest BCUT2D eigenvalue weighted by atomic mass is 10.0. The van der Waals surface area contributed by atoms with Crippen LogP contribution in [0.4, 0.5) is 5.69 Å². The fraction of sp³-hybridized carbons (Fsp3) is 0.556. The Bertz CT molecular complexity index is 523. The van der Waals surface area contributed by atoms with Crippen LogP contribution in [0.1, 0.15) is 63.2 Å². The summed E-state index contributed by atoms with van der Waals surface area (Å²) in [5.74, 6) is 0.506. The van der Waals surface area contributed by atoms with E-state index in [1.807, 2.05) is 20.8 Å². The monoisotopic (exact) mass is 302 g/mol. The molecule has 1 saturated carbocycles. The van der Waals surface area contributed by atoms with Gasteiger partial charge in [0.15, 0.2) is 0 Å². The number of hydrogen-bond acceptors (Lipinski definition) is 2. The van der Waals surface area contributed by atoms with Crippen molar-refractivity contribution < 1.29 is 9.59 Å². The minimum Gasteiger partial charge on any atom is -0.347 e. The average Bonchev–Trinajstić information content (AvgIpc) is 2.90. The molecule has 1 aromatic rings. The minimum absolute atomic E-state index is 0.0683. The molecule has 0 aromatic heterocycles. The van der Waals surface area contributed by atoms with Crippen molar-refractivity contribution in [3.63, 3.8) is 0 Å². The summed E-state index contributed by atoms with van der Waals surface area (Å²) in [5, 5.41) is 5.83. The summed E-state index contributed by atoms with van der Waals surface area (Å²) in [5.41, 5.74) is 1.09. The van der Waals surface area contributed by atoms with Crippen molar-refractivity contribution in [3.8, 4) is 0 Å². The van der Waals surface area contributed by atoms with Crippen LogP contribution in [0.3, 0.4) is 0 Å². The van der Waals surface area contributed by atoms with E-state index in [2.05, 4.69) is 10.6 Å². The summed E-state index contributed by atoms with van der Waals surface area (Å²) >= 11 is 0. The molecule has 2 rings (SSSR count). The van der Waals surface area contributed by atoms with Gasteiger partial charge in [0.2, 0.25) is 5.91 Å². The standard InChI is InChI=1S/C18H26N2O2/c1-18(2,3)20-17(22)14-8-10-15(11-9-14)19-16(21)12-13-6-4-5-7-13/h8-11,13H,4-7,12H2,1-3H3,(H,19,21)(H,20,22). The third kappa shape index (κ3) is 5.17. The Morgan fingerprint density at radius 3 is 2.23 bits per heavy atom. The third-order valence-electron chi connectivity index (χ3n) is 3.87. The van der Waals surface area contributed by atoms with E-state index < -0.39 is 0 Å². The van der Waals surface area contributed by atoms with E-state index in [-0.39, 0.29) is 17.4 Å². The zero-order chi connectivity index (χ0) is 16.2. The van der Waals surface area contributed by atoms with E-state index >= 15 is 0 Å². The van der Waals surface area contributed by atoms with E-state index in [9.17, 15) is 9.59 Å². The minimum atomic E-state index is -0.259. The Hall–Kier alpha value is -1.84. The molecule has 1 aliphatic carbocycles. The van der Waals surface area contributed by atoms with Gasteiger partial charge in [0.25, 0.3) is 5.91 Å². The SMILES string of the molecule is CC(C)(C)NC(=O)c1ccc(NC(=O)CC2CCCC2)cc1. The highest BCUT2D eigenvalue weighted by molar-refractivity contribution is 5.96. The predicted octanol–water partition coefficient (Wildman–Crippen LogP) is 3.73. The zero-order valence-electron chi connectivity index (χ0n) is 13.7. The normalized spacial score (nSPS) is 15.6. The number of carbonyl (C=O) groups excluding carboxylic acids is 2. The summed E-state index contributed by atoms with van der Waals surface area (Å²) < 4.78 is 0. The largest absolute Gasteiger partial charge is 0.347 e. The number of rotatable bonds is 4. The molecule has 0 saturated heterocycles. The number of nitrogens with one attached hydrogen (secondary N) is 2. The van der Waals surface area contributed by atoms with Crippen molar-refractivity contribution in [2.24, 2.45) is 5.92 Å². The van der Waals surface area contributed by atoms with Crippen molar-refractivity contribution >= 4 is 17.5 Å². The highest BCUT2D eigenvalue weighted by Crippen LogP contribution is 2.27. The number of hydrogen-bond donors (Lipinski definition) is 2. The first kappa shape index (κ1) is 16.5. The molecular weight excluding hydrogens is 276 g/mol. The summed E-state index contributed by atoms with van der Waals surface area (Å²) in [4.78, 5) is 24.0. The van der Waals surface area contributed by atoms with Gasteiger partial charge >= 0.3 is 0 Å². The molecule has 2 N–H and O–H groups in total. The van der Waals surface area contributed by atoms with Gasteiger partial charge in [-0.2, -0.15) is 0 Å². The molecule has 0 spiro atoms. The highest BCUT2D eigenvalue weighted by atomic mass is 16.2. The van der Waals surface area contributed by atoms with Crippen LogP contribution < -0.4 is 10.6 Å². The lowest BCUT2D eigenvalue weighted by molar-refractivity contribution is -0.117. The number of amides is 2. The maximum Gasteiger partial charge on any atom is 0.251 e. The van der Waals surface area contributed by atoms with Crippen LogP contribution in [0.2, 0.25) is 0 Å². The van der Waals surface area contributed by atoms with Crippen LogP contribution in [0.25, 0.3) is 0 Å². The van der Waals surface area contributed by atoms with E-state index in [1.165, 1.54) is 25.7 Å². The molecule has 0 bridgehead atoms. The molecule has 120 valence electrons. The van der Waals surface area contributed by atoms with Gasteiger partial charge < -0.3 is 10.6 Å². The van der Waals surface area contributed by atoms with Crippen LogP contribution in [0.5, 0.6) is 0 Å². The molecule has 0 atom stereocenters. The van der Waals surface area contributed by atoms with Crippen LogP contribution in [-0.4, -0.2) is 17.4 Å². The lowest BCUT2D eigenvalue weighted by Crippen LogP contribution is -2.40. The zero-order valence-corrected chi connectivity index (χ0v) is 13.7. The molecule has 4 nitrogen and oxygen atoms in total. The fourth-order valence-corrected chi connectivity index (χ4v) is 2.81. The van der Waals surface area contributed by atoms with E-state index in [0.29, 0.717) is 17.9 Å². The lowest BCUT2D eigenvalue weighted by Gasteiger charge is -2.20. The van der Waals surface area contributed by atoms with Crippen LogP contribution >= 0.6 is 0 Å². The molecule has 1 aliphatic rings. The van der Waals surface area contributed by atoms with Crippen molar-refractivity contribution in [2.45, 2.75) is 58.4 Å². The van der Waals surface area contributed by atoms with Gasteiger partial charge in [-0.05, 0) is 63.8 Å². The van der Waals surface area contributed by atoms with Crippen molar-refractivity contribution in [3.05, 3.63) is 29.8 Å². The number of anilines is 1. The molecular formula is C18H26N2O2. The second-order valence-corrected chi connectivity index (χ2v) is 7.18. The molecule has 0 heterocycles. The van der Waals surface area contributed by atoms with Crippen molar-refractivity contribution in [1.29, 1.82) is 0 Å². The maximum atomic E-state index is 12.0. The summed E-state index contributed by atoms with van der Waals surface area (Å²) in [6, 6.07) is 7.05. The van der Waals surface area contributed by atoms with E-state index in [0.717, 1.165) is 5.69 Å². The van der Waals surface area contributed by atoms with Gasteiger partial charge in [-0.3, -0.25) is 9.59 Å². The van der Waals surface area contributed by atoms with Crippen LogP contribution in [0.15, 0.2) is 24.3 Å². The molecule has 0 radical (unpaired) electrons. The van der Waals surface area contributed by atoms with Gasteiger partial charge in [0.05, 0.1) is 0 Å². The number of carbonyl (C=O) groups is 2. The fourth-order valence-electron chi connectivity index (χ4n) is 2.81. The maximum absolute atomic E-state index is 12.0. The molecule has 1 fully saturated rings. The first-order chi connectivity index (χ1) is 10.3. The van der Waals surface area contributed by atoms with Gasteiger partial charge in [-0.25, -0.2) is 0 Å². The Kier molecular flexibility index (Phi) is 5.22. The Labute approximate surface area is 132 Å². The van der Waals surface area contributed by atoms with Gasteiger partial charge in [-0.15, -0.1) is 0 Å². The van der Waals surface area contributed by atoms with E-state index in [4.69, 9.17) is 0 Å². The average molecular weight is 302 g/mol. The van der Waals surface area contributed by atoms with Crippen LogP contribution in [0, 0.1) is 5.92 Å². The Balaban J connectivity index is 1.88. The summed E-state index contributed by atoms with van der Waals surface area (Å²) in [6.45, 7) is 5.84. The molecule has 0 aliphatic heterocycles. The summed E-state index contributed by atoms with van der Waals surface area (Å²) in [7, 11) is 0. The third-order valence-corrected chi connectivity index (χ3v) is 3.87. The van der Waals surface area contributed by atoms with Crippen molar-refractivity contribution in [1.82, 2.24) is 5.32 Å².